The minimum atomic E-state index is -1.34. The molecule has 0 aliphatic carbocycles. The second-order valence-electron chi connectivity index (χ2n) is 12.2. The predicted molar refractivity (Wildman–Crippen MR) is 175 cm³/mol. The Kier molecular flexibility index (Phi) is 16.5. The van der Waals surface area contributed by atoms with E-state index >= 15 is 0 Å². The van der Waals surface area contributed by atoms with Gasteiger partial charge in [-0.05, 0) is 24.0 Å². The highest BCUT2D eigenvalue weighted by Gasteiger charge is 2.27. The maximum absolute atomic E-state index is 12.7. The third-order valence-corrected chi connectivity index (χ3v) is 8.53. The average Bonchev–Trinajstić information content (AvgIpc) is 3.07. The van der Waals surface area contributed by atoms with E-state index in [1.165, 1.54) is 14.7 Å². The van der Waals surface area contributed by atoms with Gasteiger partial charge in [0.25, 0.3) is 0 Å². The molecule has 0 bridgehead atoms. The zero-order valence-electron chi connectivity index (χ0n) is 28.0. The van der Waals surface area contributed by atoms with Gasteiger partial charge in [0, 0.05) is 96.9 Å². The van der Waals surface area contributed by atoms with Crippen LogP contribution in [-0.4, -0.2) is 145 Å². The summed E-state index contributed by atoms with van der Waals surface area (Å²) in [6.45, 7) is -0.113. The van der Waals surface area contributed by atoms with Crippen molar-refractivity contribution < 1.29 is 49.2 Å². The quantitative estimate of drug-likeness (QED) is 0.126. The number of rotatable bonds is 17. The molecule has 0 radical (unpaired) electrons. The fraction of sp³-hybridized carbons (Fsp3) is 0.486. The lowest BCUT2D eigenvalue weighted by atomic mass is 10.0. The third-order valence-electron chi connectivity index (χ3n) is 8.53. The Bertz CT molecular complexity index is 1410. The molecule has 1 aliphatic rings. The van der Waals surface area contributed by atoms with Crippen molar-refractivity contribution in [3.05, 3.63) is 60.2 Å². The number of benzene rings is 2. The van der Waals surface area contributed by atoms with E-state index in [0.717, 1.165) is 11.1 Å². The lowest BCUT2D eigenvalue weighted by molar-refractivity contribution is -0.308. The highest BCUT2D eigenvalue weighted by molar-refractivity contribution is 5.98. The van der Waals surface area contributed by atoms with Crippen molar-refractivity contribution in [1.82, 2.24) is 24.9 Å². The largest absolute Gasteiger partial charge is 0.549 e. The zero-order valence-corrected chi connectivity index (χ0v) is 28.0. The highest BCUT2D eigenvalue weighted by atomic mass is 16.4. The van der Waals surface area contributed by atoms with Crippen molar-refractivity contribution in [2.24, 2.45) is 0 Å². The summed E-state index contributed by atoms with van der Waals surface area (Å²) in [5, 5.41) is 47.0. The number of carboxylic acids is 4. The molecule has 0 aromatic heterocycles. The molecule has 15 nitrogen and oxygen atoms in total. The first-order valence-electron chi connectivity index (χ1n) is 16.6. The summed E-state index contributed by atoms with van der Waals surface area (Å²) in [6.07, 6.45) is 0.398. The summed E-state index contributed by atoms with van der Waals surface area (Å²) in [6, 6.07) is 15.9. The number of aliphatic carboxylic acids is 4. The van der Waals surface area contributed by atoms with Crippen molar-refractivity contribution in [3.8, 4) is 11.1 Å². The Balaban J connectivity index is 1.55. The molecule has 50 heavy (non-hydrogen) atoms. The molecular formula is C35H44N5O10-3. The summed E-state index contributed by atoms with van der Waals surface area (Å²) in [5.74, 6) is -5.67. The van der Waals surface area contributed by atoms with Crippen LogP contribution in [0.4, 0.5) is 0 Å². The first-order chi connectivity index (χ1) is 23.9. The molecule has 1 aliphatic heterocycles. The van der Waals surface area contributed by atoms with Gasteiger partial charge in [-0.15, -0.1) is 0 Å². The molecule has 2 aromatic carbocycles. The van der Waals surface area contributed by atoms with Crippen LogP contribution in [0.25, 0.3) is 11.1 Å². The minimum Gasteiger partial charge on any atom is -0.549 e. The van der Waals surface area contributed by atoms with E-state index in [2.05, 4.69) is 5.32 Å². The Hall–Kier alpha value is -4.70. The number of hydrogen-bond acceptors (Lipinski definition) is 13. The van der Waals surface area contributed by atoms with Gasteiger partial charge in [0.2, 0.25) is 5.91 Å². The smallest absolute Gasteiger partial charge is 0.320 e. The van der Waals surface area contributed by atoms with Gasteiger partial charge < -0.3 is 40.1 Å². The fourth-order valence-electron chi connectivity index (χ4n) is 5.81. The molecule has 2 N–H and O–H groups in total. The Morgan fingerprint density at radius 2 is 1.10 bits per heavy atom. The lowest BCUT2D eigenvalue weighted by Crippen LogP contribution is -2.53. The lowest BCUT2D eigenvalue weighted by Gasteiger charge is -2.36. The van der Waals surface area contributed by atoms with Crippen molar-refractivity contribution >= 4 is 35.6 Å². The van der Waals surface area contributed by atoms with Gasteiger partial charge >= 0.3 is 5.97 Å². The molecular weight excluding hydrogens is 650 g/mol. The standard InChI is InChI=1S/C35H47N5O10/c41-30(28-10-8-27(9-11-28)26-5-2-1-3-6-26)12-13-31(42)36-14-4-7-29(35(49)50)40-21-19-38(24-33(45)46)17-15-37(23-32(43)44)16-18-39(20-22-40)25-34(47)48/h1-3,5-6,8-11,29H,4,7,12-25H2,(H,36,42)(H,43,44)(H,45,46)(H,47,48)(H,49,50)/p-3. The van der Waals surface area contributed by atoms with Crippen LogP contribution in [0.1, 0.15) is 36.0 Å². The first-order valence-corrected chi connectivity index (χ1v) is 16.6. The molecule has 1 fully saturated rings. The summed E-state index contributed by atoms with van der Waals surface area (Å²) < 4.78 is 0. The fourth-order valence-corrected chi connectivity index (χ4v) is 5.81. The van der Waals surface area contributed by atoms with Crippen LogP contribution < -0.4 is 20.6 Å². The van der Waals surface area contributed by atoms with Gasteiger partial charge in [-0.2, -0.15) is 0 Å². The number of ketones is 1. The van der Waals surface area contributed by atoms with Crippen molar-refractivity contribution in [2.45, 2.75) is 31.7 Å². The van der Waals surface area contributed by atoms with Crippen LogP contribution in [0.5, 0.6) is 0 Å². The molecule has 1 heterocycles. The van der Waals surface area contributed by atoms with Crippen molar-refractivity contribution in [1.29, 1.82) is 0 Å². The number of amides is 1. The predicted octanol–water partition coefficient (Wildman–Crippen LogP) is -2.86. The first kappa shape index (κ1) is 39.7. The minimum absolute atomic E-state index is 0.0116. The van der Waals surface area contributed by atoms with Crippen LogP contribution in [0.15, 0.2) is 54.6 Å². The molecule has 0 saturated carbocycles. The van der Waals surface area contributed by atoms with Gasteiger partial charge in [-0.3, -0.25) is 34.0 Å². The Morgan fingerprint density at radius 3 is 1.56 bits per heavy atom. The molecule has 15 heteroatoms. The van der Waals surface area contributed by atoms with Crippen LogP contribution in [0.3, 0.4) is 0 Å². The van der Waals surface area contributed by atoms with E-state index in [4.69, 9.17) is 0 Å². The van der Waals surface area contributed by atoms with Gasteiger partial charge in [-0.1, -0.05) is 54.6 Å². The second-order valence-corrected chi connectivity index (χ2v) is 12.2. The third kappa shape index (κ3) is 14.4. The Morgan fingerprint density at radius 1 is 0.640 bits per heavy atom. The Labute approximate surface area is 291 Å². The maximum atomic E-state index is 12.7. The summed E-state index contributed by atoms with van der Waals surface area (Å²) in [7, 11) is 0. The van der Waals surface area contributed by atoms with E-state index in [0.29, 0.717) is 5.56 Å². The zero-order chi connectivity index (χ0) is 36.5. The average molecular weight is 695 g/mol. The van der Waals surface area contributed by atoms with Gasteiger partial charge in [0.15, 0.2) is 5.78 Å². The van der Waals surface area contributed by atoms with Crippen molar-refractivity contribution in [3.63, 3.8) is 0 Å². The second kappa shape index (κ2) is 20.7. The SMILES string of the molecule is O=C([O-])CN1CCN(CC(=O)[O-])CCN(C(CCCNC(=O)CCC(=O)c2ccc(-c3ccccc3)cc2)C(=O)O)CCN(CC(=O)[O-])CC1. The van der Waals surface area contributed by atoms with E-state index < -0.39 is 49.6 Å². The van der Waals surface area contributed by atoms with E-state index in [-0.39, 0.29) is 96.3 Å². The maximum Gasteiger partial charge on any atom is 0.320 e. The van der Waals surface area contributed by atoms with Crippen molar-refractivity contribution in [2.75, 3.05) is 78.5 Å². The van der Waals surface area contributed by atoms with Gasteiger partial charge in [-0.25, -0.2) is 0 Å². The molecule has 1 saturated heterocycles. The molecule has 2 aromatic rings. The van der Waals surface area contributed by atoms with Crippen LogP contribution in [-0.2, 0) is 24.0 Å². The molecule has 1 amide bonds. The van der Waals surface area contributed by atoms with E-state index in [1.54, 1.807) is 17.0 Å². The monoisotopic (exact) mass is 694 g/mol. The van der Waals surface area contributed by atoms with E-state index in [1.807, 2.05) is 42.5 Å². The highest BCUT2D eigenvalue weighted by Crippen LogP contribution is 2.20. The summed E-state index contributed by atoms with van der Waals surface area (Å²) in [4.78, 5) is 77.9. The topological polar surface area (TPSA) is 217 Å². The normalized spacial score (nSPS) is 16.4. The molecule has 272 valence electrons. The van der Waals surface area contributed by atoms with Crippen LogP contribution in [0, 0.1) is 0 Å². The van der Waals surface area contributed by atoms with E-state index in [9.17, 15) is 49.2 Å². The molecule has 1 atom stereocenters. The molecule has 3 rings (SSSR count). The van der Waals surface area contributed by atoms with Crippen LogP contribution in [0.2, 0.25) is 0 Å². The number of nitrogens with one attached hydrogen (secondary N) is 1. The number of carbonyl (C=O) groups is 6. The number of carbonyl (C=O) groups excluding carboxylic acids is 5. The van der Waals surface area contributed by atoms with Crippen LogP contribution >= 0.6 is 0 Å². The molecule has 1 unspecified atom stereocenters. The summed E-state index contributed by atoms with van der Waals surface area (Å²) in [5.41, 5.74) is 2.50. The van der Waals surface area contributed by atoms with Gasteiger partial charge in [0.05, 0.1) is 17.9 Å². The number of nitrogens with zero attached hydrogens (tertiary/aromatic N) is 4. The number of Topliss-reactive ketones (excluding diaryl/α,β-unsaturated/α-hetero) is 1. The molecule has 0 spiro atoms. The number of hydrogen-bond donors (Lipinski definition) is 2. The summed E-state index contributed by atoms with van der Waals surface area (Å²) >= 11 is 0. The van der Waals surface area contributed by atoms with Gasteiger partial charge in [0.1, 0.15) is 6.04 Å². The number of carboxylic acid groups (broad SMARTS) is 4.